The van der Waals surface area contributed by atoms with E-state index in [1.54, 1.807) is 12.1 Å². The molecule has 4 nitrogen and oxygen atoms in total. The Hall–Kier alpha value is -2.76. The van der Waals surface area contributed by atoms with Crippen LogP contribution in [0.3, 0.4) is 0 Å². The Balaban J connectivity index is 1.67. The van der Waals surface area contributed by atoms with Gasteiger partial charge < -0.3 is 9.47 Å². The Morgan fingerprint density at radius 2 is 1.64 bits per heavy atom. The normalized spacial score (nSPS) is 14.4. The minimum Gasteiger partial charge on any atom is -0.395 e. The predicted octanol–water partition coefficient (Wildman–Crippen LogP) is 4.42. The molecule has 1 aliphatic rings. The smallest absolute Gasteiger partial charge is 0.395 e. The molecule has 3 rings (SSSR count). The van der Waals surface area contributed by atoms with Gasteiger partial charge in [0.15, 0.2) is 23.1 Å². The van der Waals surface area contributed by atoms with Gasteiger partial charge >= 0.3 is 6.29 Å². The first-order valence-corrected chi connectivity index (χ1v) is 7.94. The third-order valence-electron chi connectivity index (χ3n) is 4.00. The summed E-state index contributed by atoms with van der Waals surface area (Å²) in [5.74, 6) is -0.727. The molecule has 2 aromatic rings. The highest BCUT2D eigenvalue weighted by Gasteiger charge is 2.43. The number of hydrogen-bond acceptors (Lipinski definition) is 4. The maximum Gasteiger partial charge on any atom is 0.586 e. The quantitative estimate of drug-likeness (QED) is 0.727. The molecule has 0 spiro atoms. The van der Waals surface area contributed by atoms with Crippen LogP contribution in [-0.4, -0.2) is 17.9 Å². The average Bonchev–Trinajstić information content (AvgIpc) is 2.92. The number of Topliss-reactive ketones (excluding diaryl/α,β-unsaturated/α-hetero) is 2. The van der Waals surface area contributed by atoms with Gasteiger partial charge in [0.05, 0.1) is 0 Å². The molecule has 0 saturated heterocycles. The highest BCUT2D eigenvalue weighted by Crippen LogP contribution is 2.41. The second kappa shape index (κ2) is 6.63. The molecule has 0 radical (unpaired) electrons. The Kier molecular flexibility index (Phi) is 4.53. The Labute approximate surface area is 143 Å². The van der Waals surface area contributed by atoms with Gasteiger partial charge in [-0.15, -0.1) is 8.78 Å². The van der Waals surface area contributed by atoms with Crippen LogP contribution >= 0.6 is 0 Å². The van der Waals surface area contributed by atoms with Crippen molar-refractivity contribution in [3.05, 3.63) is 59.2 Å². The SMILES string of the molecule is CCc1ccccc1C(=O)CCC(=O)c1ccc2c(c1)OC(F)(F)O2. The summed E-state index contributed by atoms with van der Waals surface area (Å²) >= 11 is 0. The molecule has 130 valence electrons. The van der Waals surface area contributed by atoms with Crippen LogP contribution in [0.4, 0.5) is 8.78 Å². The Morgan fingerprint density at radius 1 is 0.960 bits per heavy atom. The number of ether oxygens (including phenoxy) is 2. The van der Waals surface area contributed by atoms with Gasteiger partial charge in [0, 0.05) is 24.0 Å². The average molecular weight is 346 g/mol. The van der Waals surface area contributed by atoms with Crippen LogP contribution in [0.15, 0.2) is 42.5 Å². The lowest BCUT2D eigenvalue weighted by molar-refractivity contribution is -0.286. The Morgan fingerprint density at radius 3 is 2.40 bits per heavy atom. The van der Waals surface area contributed by atoms with E-state index in [1.807, 2.05) is 19.1 Å². The zero-order valence-electron chi connectivity index (χ0n) is 13.6. The van der Waals surface area contributed by atoms with Gasteiger partial charge in [-0.1, -0.05) is 31.2 Å². The van der Waals surface area contributed by atoms with E-state index in [9.17, 15) is 18.4 Å². The number of halogens is 2. The van der Waals surface area contributed by atoms with E-state index < -0.39 is 6.29 Å². The van der Waals surface area contributed by atoms with Crippen molar-refractivity contribution in [2.75, 3.05) is 0 Å². The van der Waals surface area contributed by atoms with Crippen LogP contribution in [0.25, 0.3) is 0 Å². The minimum absolute atomic E-state index is 0.00703. The summed E-state index contributed by atoms with van der Waals surface area (Å²) in [6, 6.07) is 11.1. The molecule has 0 N–H and O–H groups in total. The van der Waals surface area contributed by atoms with E-state index >= 15 is 0 Å². The molecule has 0 bridgehead atoms. The first kappa shape index (κ1) is 17.1. The maximum atomic E-state index is 13.0. The molecule has 0 fully saturated rings. The molecule has 0 unspecified atom stereocenters. The number of rotatable bonds is 6. The predicted molar refractivity (Wildman–Crippen MR) is 86.4 cm³/mol. The van der Waals surface area contributed by atoms with Crippen molar-refractivity contribution < 1.29 is 27.8 Å². The van der Waals surface area contributed by atoms with Crippen LogP contribution in [0.2, 0.25) is 0 Å². The van der Waals surface area contributed by atoms with E-state index in [0.29, 0.717) is 5.56 Å². The molecule has 25 heavy (non-hydrogen) atoms. The number of ketones is 2. The first-order valence-electron chi connectivity index (χ1n) is 7.94. The van der Waals surface area contributed by atoms with Gasteiger partial charge in [0.25, 0.3) is 0 Å². The fourth-order valence-corrected chi connectivity index (χ4v) is 2.73. The van der Waals surface area contributed by atoms with E-state index in [0.717, 1.165) is 12.0 Å². The number of alkyl halides is 2. The molecule has 1 heterocycles. The van der Waals surface area contributed by atoms with Crippen LogP contribution in [0.1, 0.15) is 46.0 Å². The number of carbonyl (C=O) groups excluding carboxylic acids is 2. The van der Waals surface area contributed by atoms with E-state index in [4.69, 9.17) is 0 Å². The third kappa shape index (κ3) is 3.68. The van der Waals surface area contributed by atoms with Crippen LogP contribution in [-0.2, 0) is 6.42 Å². The second-order valence-corrected chi connectivity index (χ2v) is 5.69. The maximum absolute atomic E-state index is 13.0. The molecular weight excluding hydrogens is 330 g/mol. The molecule has 0 aliphatic carbocycles. The van der Waals surface area contributed by atoms with Crippen LogP contribution < -0.4 is 9.47 Å². The molecule has 0 atom stereocenters. The summed E-state index contributed by atoms with van der Waals surface area (Å²) in [5, 5.41) is 0. The fourth-order valence-electron chi connectivity index (χ4n) is 2.73. The first-order chi connectivity index (χ1) is 11.9. The molecule has 2 aromatic carbocycles. The second-order valence-electron chi connectivity index (χ2n) is 5.69. The standard InChI is InChI=1S/C19H16F2O4/c1-2-12-5-3-4-6-14(12)16(23)9-8-15(22)13-7-10-17-18(11-13)25-19(20,21)24-17/h3-7,10-11H,2,8-9H2,1H3. The largest absolute Gasteiger partial charge is 0.586 e. The van der Waals surface area contributed by atoms with Gasteiger partial charge in [-0.3, -0.25) is 9.59 Å². The summed E-state index contributed by atoms with van der Waals surface area (Å²) in [5.41, 5.74) is 1.75. The van der Waals surface area contributed by atoms with Gasteiger partial charge in [-0.2, -0.15) is 0 Å². The lowest BCUT2D eigenvalue weighted by Gasteiger charge is -2.06. The highest BCUT2D eigenvalue weighted by atomic mass is 19.3. The Bertz CT molecular complexity index is 830. The number of hydrogen-bond donors (Lipinski definition) is 0. The molecule has 6 heteroatoms. The molecule has 0 aromatic heterocycles. The molecule has 0 amide bonds. The van der Waals surface area contributed by atoms with Gasteiger partial charge in [-0.25, -0.2) is 0 Å². The summed E-state index contributed by atoms with van der Waals surface area (Å²) < 4.78 is 34.6. The molecular formula is C19H16F2O4. The van der Waals surface area contributed by atoms with Crippen molar-refractivity contribution >= 4 is 11.6 Å². The number of aryl methyl sites for hydroxylation is 1. The zero-order chi connectivity index (χ0) is 18.0. The van der Waals surface area contributed by atoms with Crippen molar-refractivity contribution in [2.24, 2.45) is 0 Å². The van der Waals surface area contributed by atoms with E-state index in [-0.39, 0.29) is 41.5 Å². The highest BCUT2D eigenvalue weighted by molar-refractivity contribution is 6.03. The third-order valence-corrected chi connectivity index (χ3v) is 4.00. The van der Waals surface area contributed by atoms with E-state index in [1.165, 1.54) is 18.2 Å². The summed E-state index contributed by atoms with van der Waals surface area (Å²) in [6.45, 7) is 1.96. The monoisotopic (exact) mass is 346 g/mol. The van der Waals surface area contributed by atoms with Crippen LogP contribution in [0, 0.1) is 0 Å². The summed E-state index contributed by atoms with van der Waals surface area (Å²) in [7, 11) is 0. The van der Waals surface area contributed by atoms with Crippen molar-refractivity contribution in [2.45, 2.75) is 32.5 Å². The molecule has 1 aliphatic heterocycles. The van der Waals surface area contributed by atoms with Crippen molar-refractivity contribution in [3.63, 3.8) is 0 Å². The summed E-state index contributed by atoms with van der Waals surface area (Å²) in [6.07, 6.45) is -2.94. The van der Waals surface area contributed by atoms with Gasteiger partial charge in [0.1, 0.15) is 0 Å². The number of carbonyl (C=O) groups is 2. The van der Waals surface area contributed by atoms with Crippen LogP contribution in [0.5, 0.6) is 11.5 Å². The van der Waals surface area contributed by atoms with Gasteiger partial charge in [-0.05, 0) is 30.2 Å². The fraction of sp³-hybridized carbons (Fsp3) is 0.263. The van der Waals surface area contributed by atoms with Crippen molar-refractivity contribution in [1.29, 1.82) is 0 Å². The molecule has 0 saturated carbocycles. The number of benzene rings is 2. The zero-order valence-corrected chi connectivity index (χ0v) is 13.6. The lowest BCUT2D eigenvalue weighted by atomic mass is 9.97. The summed E-state index contributed by atoms with van der Waals surface area (Å²) in [4.78, 5) is 24.6. The van der Waals surface area contributed by atoms with Gasteiger partial charge in [0.2, 0.25) is 0 Å². The van der Waals surface area contributed by atoms with E-state index in [2.05, 4.69) is 9.47 Å². The minimum atomic E-state index is -3.72. The lowest BCUT2D eigenvalue weighted by Crippen LogP contribution is -2.25. The number of fused-ring (bicyclic) bond motifs is 1. The topological polar surface area (TPSA) is 52.6 Å². The van der Waals surface area contributed by atoms with Crippen molar-refractivity contribution in [3.8, 4) is 11.5 Å². The van der Waals surface area contributed by atoms with Crippen molar-refractivity contribution in [1.82, 2.24) is 0 Å².